The Morgan fingerprint density at radius 1 is 1.53 bits per heavy atom. The summed E-state index contributed by atoms with van der Waals surface area (Å²) in [5, 5.41) is 11.7. The van der Waals surface area contributed by atoms with Gasteiger partial charge in [-0.2, -0.15) is 5.26 Å². The lowest BCUT2D eigenvalue weighted by Gasteiger charge is -2.02. The van der Waals surface area contributed by atoms with Crippen LogP contribution < -0.4 is 5.32 Å². The summed E-state index contributed by atoms with van der Waals surface area (Å²) in [4.78, 5) is 11.9. The zero-order valence-electron chi connectivity index (χ0n) is 10.5. The molecule has 5 nitrogen and oxygen atoms in total. The maximum Gasteiger partial charge on any atom is 0.262 e. The molecule has 1 N–H and O–H groups in total. The smallest absolute Gasteiger partial charge is 0.262 e. The summed E-state index contributed by atoms with van der Waals surface area (Å²) in [5.41, 5.74) is 0.859. The largest absolute Gasteiger partial charge is 0.467 e. The second-order valence-electron chi connectivity index (χ2n) is 3.98. The Bertz CT molecular complexity index is 630. The monoisotopic (exact) mass is 255 g/mol. The van der Waals surface area contributed by atoms with Crippen molar-refractivity contribution in [2.45, 2.75) is 6.54 Å². The van der Waals surface area contributed by atoms with Crippen LogP contribution in [0.2, 0.25) is 0 Å². The van der Waals surface area contributed by atoms with Crippen molar-refractivity contribution in [2.75, 3.05) is 0 Å². The summed E-state index contributed by atoms with van der Waals surface area (Å²) in [6.45, 7) is 0.262. The summed E-state index contributed by atoms with van der Waals surface area (Å²) in [7, 11) is 1.85. The van der Waals surface area contributed by atoms with Crippen LogP contribution in [0.25, 0.3) is 6.08 Å². The summed E-state index contributed by atoms with van der Waals surface area (Å²) in [5.74, 6) is 0.226. The fourth-order valence-electron chi connectivity index (χ4n) is 1.60. The minimum atomic E-state index is -0.417. The number of nitrogens with one attached hydrogen (secondary N) is 1. The summed E-state index contributed by atoms with van der Waals surface area (Å²) in [6, 6.07) is 9.08. The van der Waals surface area contributed by atoms with E-state index in [1.54, 1.807) is 18.2 Å². The molecule has 2 heterocycles. The fraction of sp³-hybridized carbons (Fsp3) is 0.143. The van der Waals surface area contributed by atoms with E-state index in [2.05, 4.69) is 5.32 Å². The van der Waals surface area contributed by atoms with Gasteiger partial charge < -0.3 is 14.3 Å². The third kappa shape index (κ3) is 3.13. The molecule has 5 heteroatoms. The fourth-order valence-corrected chi connectivity index (χ4v) is 1.60. The molecule has 0 atom stereocenters. The molecule has 1 amide bonds. The van der Waals surface area contributed by atoms with E-state index in [0.29, 0.717) is 5.76 Å². The zero-order chi connectivity index (χ0) is 13.7. The van der Waals surface area contributed by atoms with Crippen molar-refractivity contribution < 1.29 is 9.21 Å². The molecule has 2 aromatic heterocycles. The molecule has 0 radical (unpaired) electrons. The molecule has 96 valence electrons. The van der Waals surface area contributed by atoms with Crippen LogP contribution in [-0.2, 0) is 18.4 Å². The lowest BCUT2D eigenvalue weighted by Crippen LogP contribution is -2.23. The van der Waals surface area contributed by atoms with Crippen molar-refractivity contribution >= 4 is 12.0 Å². The van der Waals surface area contributed by atoms with Crippen LogP contribution in [0.1, 0.15) is 11.5 Å². The standard InChI is InChI=1S/C14H13N3O2/c1-17-6-2-4-12(17)8-11(9-15)14(18)16-10-13-5-3-7-19-13/h2-8H,10H2,1H3,(H,16,18). The Morgan fingerprint density at radius 2 is 2.37 bits per heavy atom. The number of rotatable bonds is 4. The van der Waals surface area contributed by atoms with Crippen LogP contribution >= 0.6 is 0 Å². The second-order valence-corrected chi connectivity index (χ2v) is 3.98. The Labute approximate surface area is 110 Å². The molecule has 0 aliphatic rings. The number of aryl methyl sites for hydroxylation is 1. The first-order valence-electron chi connectivity index (χ1n) is 5.74. The molecule has 0 bridgehead atoms. The van der Waals surface area contributed by atoms with E-state index in [1.165, 1.54) is 6.26 Å². The summed E-state index contributed by atoms with van der Waals surface area (Å²) >= 11 is 0. The molecular weight excluding hydrogens is 242 g/mol. The quantitative estimate of drug-likeness (QED) is 0.669. The Balaban J connectivity index is 2.06. The lowest BCUT2D eigenvalue weighted by atomic mass is 10.2. The molecule has 0 aromatic carbocycles. The number of hydrogen-bond acceptors (Lipinski definition) is 3. The van der Waals surface area contributed by atoms with Gasteiger partial charge in [-0.25, -0.2) is 0 Å². The predicted molar refractivity (Wildman–Crippen MR) is 69.6 cm³/mol. The number of aromatic nitrogens is 1. The van der Waals surface area contributed by atoms with Crippen LogP contribution in [0.5, 0.6) is 0 Å². The van der Waals surface area contributed by atoms with Crippen LogP contribution in [0, 0.1) is 11.3 Å². The lowest BCUT2D eigenvalue weighted by molar-refractivity contribution is -0.117. The Kier molecular flexibility index (Phi) is 3.84. The van der Waals surface area contributed by atoms with Crippen LogP contribution in [0.15, 0.2) is 46.7 Å². The van der Waals surface area contributed by atoms with Crippen molar-refractivity contribution in [1.29, 1.82) is 5.26 Å². The summed E-state index contributed by atoms with van der Waals surface area (Å²) in [6.07, 6.45) is 4.94. The van der Waals surface area contributed by atoms with Crippen molar-refractivity contribution in [3.63, 3.8) is 0 Å². The van der Waals surface area contributed by atoms with Gasteiger partial charge in [-0.3, -0.25) is 4.79 Å². The topological polar surface area (TPSA) is 71.0 Å². The van der Waals surface area contributed by atoms with Crippen LogP contribution in [0.4, 0.5) is 0 Å². The van der Waals surface area contributed by atoms with E-state index in [4.69, 9.17) is 9.68 Å². The van der Waals surface area contributed by atoms with Crippen molar-refractivity contribution in [3.05, 3.63) is 53.8 Å². The molecule has 0 saturated carbocycles. The van der Waals surface area contributed by atoms with Gasteiger partial charge in [0.05, 0.1) is 12.8 Å². The molecule has 0 unspecified atom stereocenters. The van der Waals surface area contributed by atoms with Gasteiger partial charge in [-0.05, 0) is 30.3 Å². The van der Waals surface area contributed by atoms with E-state index in [9.17, 15) is 4.79 Å². The van der Waals surface area contributed by atoms with Crippen molar-refractivity contribution in [2.24, 2.45) is 7.05 Å². The summed E-state index contributed by atoms with van der Waals surface area (Å²) < 4.78 is 6.93. The van der Waals surface area contributed by atoms with E-state index in [1.807, 2.05) is 36.0 Å². The highest BCUT2D eigenvalue weighted by atomic mass is 16.3. The minimum Gasteiger partial charge on any atom is -0.467 e. The first-order chi connectivity index (χ1) is 9.20. The van der Waals surface area contributed by atoms with Crippen molar-refractivity contribution in [1.82, 2.24) is 9.88 Å². The van der Waals surface area contributed by atoms with E-state index >= 15 is 0 Å². The molecule has 0 aliphatic heterocycles. The van der Waals surface area contributed by atoms with Gasteiger partial charge in [-0.1, -0.05) is 0 Å². The third-order valence-corrected chi connectivity index (χ3v) is 2.64. The molecule has 0 spiro atoms. The van der Waals surface area contributed by atoms with Gasteiger partial charge in [0.25, 0.3) is 5.91 Å². The van der Waals surface area contributed by atoms with Crippen LogP contribution in [-0.4, -0.2) is 10.5 Å². The number of hydrogen-bond donors (Lipinski definition) is 1. The van der Waals surface area contributed by atoms with E-state index < -0.39 is 5.91 Å². The van der Waals surface area contributed by atoms with E-state index in [0.717, 1.165) is 5.69 Å². The Morgan fingerprint density at radius 3 is 2.95 bits per heavy atom. The molecule has 19 heavy (non-hydrogen) atoms. The van der Waals surface area contributed by atoms with Gasteiger partial charge in [0.2, 0.25) is 0 Å². The highest BCUT2D eigenvalue weighted by molar-refractivity contribution is 6.01. The number of amides is 1. The highest BCUT2D eigenvalue weighted by Crippen LogP contribution is 2.07. The van der Waals surface area contributed by atoms with Gasteiger partial charge in [0.15, 0.2) is 0 Å². The van der Waals surface area contributed by atoms with Crippen molar-refractivity contribution in [3.8, 4) is 6.07 Å². The van der Waals surface area contributed by atoms with Gasteiger partial charge in [0, 0.05) is 18.9 Å². The zero-order valence-corrected chi connectivity index (χ0v) is 10.5. The van der Waals surface area contributed by atoms with Gasteiger partial charge in [-0.15, -0.1) is 0 Å². The number of nitrogens with zero attached hydrogens (tertiary/aromatic N) is 2. The molecule has 0 fully saturated rings. The first kappa shape index (κ1) is 12.7. The number of furan rings is 1. The predicted octanol–water partition coefficient (Wildman–Crippen LogP) is 1.84. The maximum atomic E-state index is 11.9. The average molecular weight is 255 g/mol. The molecular formula is C14H13N3O2. The first-order valence-corrected chi connectivity index (χ1v) is 5.74. The highest BCUT2D eigenvalue weighted by Gasteiger charge is 2.10. The Hall–Kier alpha value is -2.74. The second kappa shape index (κ2) is 5.74. The number of carbonyl (C=O) groups excluding carboxylic acids is 1. The molecule has 2 rings (SSSR count). The van der Waals surface area contributed by atoms with Gasteiger partial charge in [0.1, 0.15) is 17.4 Å². The van der Waals surface area contributed by atoms with E-state index in [-0.39, 0.29) is 12.1 Å². The van der Waals surface area contributed by atoms with Gasteiger partial charge >= 0.3 is 0 Å². The molecule has 2 aromatic rings. The average Bonchev–Trinajstić information content (AvgIpc) is 3.05. The number of carbonyl (C=O) groups is 1. The SMILES string of the molecule is Cn1cccc1C=C(C#N)C(=O)NCc1ccco1. The normalized spacial score (nSPS) is 11.1. The minimum absolute atomic E-state index is 0.0633. The maximum absolute atomic E-state index is 11.9. The number of nitriles is 1. The van der Waals surface area contributed by atoms with Crippen LogP contribution in [0.3, 0.4) is 0 Å². The third-order valence-electron chi connectivity index (χ3n) is 2.64. The molecule has 0 saturated heterocycles. The molecule has 0 aliphatic carbocycles.